The van der Waals surface area contributed by atoms with Crippen LogP contribution in [0.15, 0.2) is 66.1 Å². The molecule has 0 fully saturated rings. The van der Waals surface area contributed by atoms with E-state index in [4.69, 9.17) is 23.2 Å². The number of rotatable bonds is 3. The predicted molar refractivity (Wildman–Crippen MR) is 103 cm³/mol. The Kier molecular flexibility index (Phi) is 4.57. The molecular formula is C19H16Cl2N4O. The van der Waals surface area contributed by atoms with Crippen LogP contribution in [0.25, 0.3) is 0 Å². The Hall–Kier alpha value is -2.50. The molecule has 0 bridgehead atoms. The van der Waals surface area contributed by atoms with Crippen LogP contribution in [0.5, 0.6) is 0 Å². The number of halogens is 2. The number of amides is 2. The molecular weight excluding hydrogens is 371 g/mol. The molecule has 2 aliphatic rings. The van der Waals surface area contributed by atoms with Gasteiger partial charge in [-0.25, -0.2) is 9.69 Å². The van der Waals surface area contributed by atoms with E-state index in [1.165, 1.54) is 0 Å². The number of carbonyl (C=O) groups excluding carboxylic acids is 1. The number of anilines is 1. The molecule has 1 N–H and O–H groups in total. The van der Waals surface area contributed by atoms with Crippen molar-refractivity contribution in [3.8, 4) is 0 Å². The monoisotopic (exact) mass is 386 g/mol. The van der Waals surface area contributed by atoms with Crippen molar-refractivity contribution in [3.63, 3.8) is 0 Å². The van der Waals surface area contributed by atoms with E-state index < -0.39 is 0 Å². The van der Waals surface area contributed by atoms with E-state index in [0.717, 1.165) is 17.1 Å². The number of benzene rings is 1. The molecule has 7 heteroatoms. The van der Waals surface area contributed by atoms with Crippen LogP contribution in [0.3, 0.4) is 0 Å². The van der Waals surface area contributed by atoms with Gasteiger partial charge in [-0.15, -0.1) is 0 Å². The molecule has 26 heavy (non-hydrogen) atoms. The summed E-state index contributed by atoms with van der Waals surface area (Å²) in [7, 11) is 0. The maximum absolute atomic E-state index is 13.2. The summed E-state index contributed by atoms with van der Waals surface area (Å²) < 4.78 is 0. The van der Waals surface area contributed by atoms with Gasteiger partial charge in [0, 0.05) is 18.3 Å². The molecule has 3 heterocycles. The normalized spacial score (nSPS) is 16.6. The van der Waals surface area contributed by atoms with Crippen molar-refractivity contribution in [1.82, 2.24) is 15.2 Å². The summed E-state index contributed by atoms with van der Waals surface area (Å²) in [6, 6.07) is 10.8. The summed E-state index contributed by atoms with van der Waals surface area (Å²) in [5, 5.41) is 4.16. The van der Waals surface area contributed by atoms with Crippen LogP contribution in [0.2, 0.25) is 10.0 Å². The largest absolute Gasteiger partial charge is 0.367 e. The van der Waals surface area contributed by atoms with Gasteiger partial charge in [-0.3, -0.25) is 4.98 Å². The molecule has 0 radical (unpaired) electrons. The van der Waals surface area contributed by atoms with Gasteiger partial charge in [0.15, 0.2) is 0 Å². The number of pyridine rings is 1. The zero-order valence-electron chi connectivity index (χ0n) is 13.8. The van der Waals surface area contributed by atoms with Crippen molar-refractivity contribution in [2.75, 3.05) is 18.0 Å². The Balaban J connectivity index is 1.73. The number of carbonyl (C=O) groups is 1. The fraction of sp³-hybridized carbons (Fsp3) is 0.158. The zero-order valence-corrected chi connectivity index (χ0v) is 15.3. The van der Waals surface area contributed by atoms with Crippen molar-refractivity contribution in [1.29, 1.82) is 0 Å². The van der Waals surface area contributed by atoms with Gasteiger partial charge in [0.2, 0.25) is 0 Å². The number of hydrogen-bond donors (Lipinski definition) is 1. The molecule has 4 rings (SSSR count). The van der Waals surface area contributed by atoms with E-state index in [9.17, 15) is 4.79 Å². The van der Waals surface area contributed by atoms with Crippen molar-refractivity contribution < 1.29 is 4.79 Å². The molecule has 1 aromatic heterocycles. The molecule has 0 saturated heterocycles. The minimum atomic E-state index is -0.129. The average Bonchev–Trinajstić information content (AvgIpc) is 2.66. The number of urea groups is 1. The molecule has 0 saturated carbocycles. The summed E-state index contributed by atoms with van der Waals surface area (Å²) in [6.45, 7) is 1.62. The van der Waals surface area contributed by atoms with Gasteiger partial charge in [-0.1, -0.05) is 41.4 Å². The van der Waals surface area contributed by atoms with Crippen LogP contribution < -0.4 is 10.2 Å². The second kappa shape index (κ2) is 7.02. The Morgan fingerprint density at radius 3 is 2.81 bits per heavy atom. The minimum absolute atomic E-state index is 0.129. The zero-order chi connectivity index (χ0) is 18.1. The van der Waals surface area contributed by atoms with Crippen molar-refractivity contribution in [3.05, 3.63) is 81.9 Å². The van der Waals surface area contributed by atoms with Crippen LogP contribution >= 0.6 is 23.2 Å². The lowest BCUT2D eigenvalue weighted by atomic mass is 10.1. The highest BCUT2D eigenvalue weighted by atomic mass is 35.5. The SMILES string of the molecule is O=C1N(Cc2ccccn2)CC2=C(NCC=C2)N1c1ccc(Cl)c(Cl)c1. The second-order valence-electron chi connectivity index (χ2n) is 6.05. The van der Waals surface area contributed by atoms with Crippen LogP contribution in [-0.4, -0.2) is 29.0 Å². The van der Waals surface area contributed by atoms with Crippen molar-refractivity contribution >= 4 is 34.9 Å². The van der Waals surface area contributed by atoms with Gasteiger partial charge in [0.05, 0.1) is 34.5 Å². The van der Waals surface area contributed by atoms with Gasteiger partial charge in [-0.2, -0.15) is 0 Å². The number of dihydropyridines is 1. The minimum Gasteiger partial charge on any atom is -0.367 e. The second-order valence-corrected chi connectivity index (χ2v) is 6.87. The maximum atomic E-state index is 13.2. The molecule has 0 unspecified atom stereocenters. The number of hydrogen-bond acceptors (Lipinski definition) is 3. The predicted octanol–water partition coefficient (Wildman–Crippen LogP) is 4.20. The van der Waals surface area contributed by atoms with E-state index in [2.05, 4.69) is 10.3 Å². The molecule has 2 aliphatic heterocycles. The summed E-state index contributed by atoms with van der Waals surface area (Å²) in [6.07, 6.45) is 5.82. The smallest absolute Gasteiger partial charge is 0.330 e. The molecule has 0 atom stereocenters. The molecule has 0 aliphatic carbocycles. The Morgan fingerprint density at radius 1 is 1.15 bits per heavy atom. The quantitative estimate of drug-likeness (QED) is 0.859. The van der Waals surface area contributed by atoms with Crippen LogP contribution in [0.4, 0.5) is 10.5 Å². The summed E-state index contributed by atoms with van der Waals surface area (Å²) in [5.74, 6) is 0.785. The van der Waals surface area contributed by atoms with Gasteiger partial charge in [-0.05, 0) is 30.3 Å². The lowest BCUT2D eigenvalue weighted by Crippen LogP contribution is -2.52. The van der Waals surface area contributed by atoms with Crippen LogP contribution in [0, 0.1) is 0 Å². The lowest BCUT2D eigenvalue weighted by molar-refractivity contribution is 0.203. The summed E-state index contributed by atoms with van der Waals surface area (Å²) >= 11 is 12.2. The molecule has 1 aromatic carbocycles. The van der Waals surface area contributed by atoms with E-state index >= 15 is 0 Å². The van der Waals surface area contributed by atoms with E-state index in [1.807, 2.05) is 30.4 Å². The van der Waals surface area contributed by atoms with Crippen molar-refractivity contribution in [2.45, 2.75) is 6.54 Å². The topological polar surface area (TPSA) is 48.5 Å². The first-order chi connectivity index (χ1) is 12.6. The van der Waals surface area contributed by atoms with E-state index in [0.29, 0.717) is 35.4 Å². The van der Waals surface area contributed by atoms with Crippen LogP contribution in [0.1, 0.15) is 5.69 Å². The third kappa shape index (κ3) is 3.16. The lowest BCUT2D eigenvalue weighted by Gasteiger charge is -2.39. The summed E-state index contributed by atoms with van der Waals surface area (Å²) in [4.78, 5) is 21.0. The first-order valence-corrected chi connectivity index (χ1v) is 8.96. The third-order valence-electron chi connectivity index (χ3n) is 4.30. The Bertz CT molecular complexity index is 911. The van der Waals surface area contributed by atoms with Gasteiger partial charge in [0.25, 0.3) is 0 Å². The molecule has 0 spiro atoms. The third-order valence-corrected chi connectivity index (χ3v) is 5.04. The van der Waals surface area contributed by atoms with Gasteiger partial charge >= 0.3 is 6.03 Å². The molecule has 132 valence electrons. The van der Waals surface area contributed by atoms with E-state index in [-0.39, 0.29) is 6.03 Å². The number of nitrogens with one attached hydrogen (secondary N) is 1. The number of aromatic nitrogens is 1. The highest BCUT2D eigenvalue weighted by Gasteiger charge is 2.34. The first-order valence-electron chi connectivity index (χ1n) is 8.21. The maximum Gasteiger partial charge on any atom is 0.330 e. The average molecular weight is 387 g/mol. The molecule has 5 nitrogen and oxygen atoms in total. The number of nitrogens with zero attached hydrogens (tertiary/aromatic N) is 3. The first kappa shape index (κ1) is 16.9. The van der Waals surface area contributed by atoms with Crippen LogP contribution in [-0.2, 0) is 6.54 Å². The van der Waals surface area contributed by atoms with Crippen molar-refractivity contribution in [2.24, 2.45) is 0 Å². The Labute approximate surface area is 161 Å². The molecule has 2 amide bonds. The Morgan fingerprint density at radius 2 is 2.04 bits per heavy atom. The van der Waals surface area contributed by atoms with Gasteiger partial charge < -0.3 is 10.2 Å². The fourth-order valence-corrected chi connectivity index (χ4v) is 3.38. The molecule has 2 aromatic rings. The summed E-state index contributed by atoms with van der Waals surface area (Å²) in [5.41, 5.74) is 2.55. The van der Waals surface area contributed by atoms with Gasteiger partial charge in [0.1, 0.15) is 5.82 Å². The standard InChI is InChI=1S/C19H16Cl2N4O/c20-16-7-6-15(10-17(16)21)25-18-13(4-3-9-23-18)11-24(19(25)26)12-14-5-1-2-8-22-14/h1-8,10,23H,9,11-12H2. The highest BCUT2D eigenvalue weighted by molar-refractivity contribution is 6.42. The fourth-order valence-electron chi connectivity index (χ4n) is 3.08. The van der Waals surface area contributed by atoms with E-state index in [1.54, 1.807) is 34.2 Å². The highest BCUT2D eigenvalue weighted by Crippen LogP contribution is 2.33.